The van der Waals surface area contributed by atoms with Gasteiger partial charge in [-0.1, -0.05) is 24.3 Å². The number of hydrogen-bond acceptors (Lipinski definition) is 7. The maximum atomic E-state index is 13.5. The zero-order valence-electron chi connectivity index (χ0n) is 22.8. The zero-order chi connectivity index (χ0) is 27.9. The molecule has 2 amide bonds. The van der Waals surface area contributed by atoms with Gasteiger partial charge in [0.25, 0.3) is 5.69 Å². The Hall–Kier alpha value is -3.50. The number of nitro groups is 1. The molecule has 1 unspecified atom stereocenters. The highest BCUT2D eigenvalue weighted by molar-refractivity contribution is 5.87. The van der Waals surface area contributed by atoms with Crippen LogP contribution in [0.3, 0.4) is 0 Å². The van der Waals surface area contributed by atoms with Gasteiger partial charge in [0, 0.05) is 56.8 Å². The van der Waals surface area contributed by atoms with Crippen LogP contribution in [0.4, 0.5) is 5.69 Å². The second-order valence-corrected chi connectivity index (χ2v) is 10.7. The summed E-state index contributed by atoms with van der Waals surface area (Å²) < 4.78 is 5.42. The molecule has 1 saturated carbocycles. The van der Waals surface area contributed by atoms with E-state index in [4.69, 9.17) is 10.5 Å². The van der Waals surface area contributed by atoms with Crippen LogP contribution in [0.1, 0.15) is 56.6 Å². The van der Waals surface area contributed by atoms with Crippen molar-refractivity contribution in [1.29, 1.82) is 0 Å². The monoisotopic (exact) mass is 537 g/mol. The van der Waals surface area contributed by atoms with Gasteiger partial charge in [0.1, 0.15) is 11.8 Å². The Morgan fingerprint density at radius 1 is 1.08 bits per heavy atom. The van der Waals surface area contributed by atoms with Gasteiger partial charge >= 0.3 is 0 Å². The van der Waals surface area contributed by atoms with E-state index >= 15 is 0 Å². The van der Waals surface area contributed by atoms with Gasteiger partial charge < -0.3 is 20.7 Å². The Kier molecular flexibility index (Phi) is 9.53. The first-order valence-electron chi connectivity index (χ1n) is 13.7. The number of nitrogens with one attached hydrogen (secondary N) is 1. The van der Waals surface area contributed by atoms with Gasteiger partial charge in [-0.2, -0.15) is 0 Å². The molecule has 39 heavy (non-hydrogen) atoms. The number of nitrogens with zero attached hydrogens (tertiary/aromatic N) is 3. The first-order chi connectivity index (χ1) is 18.7. The zero-order valence-corrected chi connectivity index (χ0v) is 22.8. The predicted molar refractivity (Wildman–Crippen MR) is 148 cm³/mol. The van der Waals surface area contributed by atoms with Gasteiger partial charge in [-0.25, -0.2) is 0 Å². The largest absolute Gasteiger partial charge is 0.497 e. The average Bonchev–Trinajstić information content (AvgIpc) is 2.94. The van der Waals surface area contributed by atoms with E-state index in [1.165, 1.54) is 19.1 Å². The van der Waals surface area contributed by atoms with Crippen LogP contribution in [-0.2, 0) is 22.7 Å². The van der Waals surface area contributed by atoms with E-state index in [2.05, 4.69) is 10.2 Å². The third-order valence-corrected chi connectivity index (χ3v) is 7.97. The predicted octanol–water partition coefficient (Wildman–Crippen LogP) is 3.37. The Morgan fingerprint density at radius 3 is 2.41 bits per heavy atom. The lowest BCUT2D eigenvalue weighted by Gasteiger charge is -2.43. The van der Waals surface area contributed by atoms with E-state index in [9.17, 15) is 19.7 Å². The van der Waals surface area contributed by atoms with Gasteiger partial charge in [-0.15, -0.1) is 0 Å². The number of carbonyl (C=O) groups is 2. The SMILES string of the molecule is COc1cccc(CN(Cc2ccc([N+](=O)[O-])cc2)C2CCN(C(C)=O)[C@@H](C(=O)NC3CCC(N)CC3)C2)c1. The summed E-state index contributed by atoms with van der Waals surface area (Å²) in [4.78, 5) is 40.7. The fraction of sp³-hybridized carbons (Fsp3) is 0.517. The normalized spacial score (nSPS) is 23.3. The highest BCUT2D eigenvalue weighted by Gasteiger charge is 2.38. The van der Waals surface area contributed by atoms with Crippen LogP contribution in [0, 0.1) is 10.1 Å². The van der Waals surface area contributed by atoms with E-state index in [-0.39, 0.29) is 35.6 Å². The first kappa shape index (κ1) is 28.5. The fourth-order valence-electron chi connectivity index (χ4n) is 5.74. The van der Waals surface area contributed by atoms with Crippen molar-refractivity contribution < 1.29 is 19.2 Å². The molecular formula is C29H39N5O5. The summed E-state index contributed by atoms with van der Waals surface area (Å²) in [5.74, 6) is 0.555. The molecule has 0 aromatic heterocycles. The Morgan fingerprint density at radius 2 is 1.77 bits per heavy atom. The molecule has 4 rings (SSSR count). The van der Waals surface area contributed by atoms with Gasteiger partial charge in [0.15, 0.2) is 0 Å². The summed E-state index contributed by atoms with van der Waals surface area (Å²) in [5, 5.41) is 14.3. The second-order valence-electron chi connectivity index (χ2n) is 10.7. The standard InChI is InChI=1S/C29H39N5O5/c1-20(35)33-15-14-26(17-28(33)29(36)31-24-10-8-23(30)9-11-24)32(19-22-4-3-5-27(16-22)39-2)18-21-6-12-25(13-7-21)34(37)38/h3-7,12-13,16,23-24,26,28H,8-11,14-15,17-19,30H2,1-2H3,(H,31,36)/t23?,24?,26?,28-/m1/s1. The molecule has 1 aliphatic heterocycles. The van der Waals surface area contributed by atoms with E-state index in [0.717, 1.165) is 49.0 Å². The maximum absolute atomic E-state index is 13.5. The molecule has 1 saturated heterocycles. The number of benzene rings is 2. The maximum Gasteiger partial charge on any atom is 0.269 e. The highest BCUT2D eigenvalue weighted by atomic mass is 16.6. The number of nitro benzene ring substituents is 1. The molecule has 2 aliphatic rings. The van der Waals surface area contributed by atoms with Gasteiger partial charge in [-0.05, 0) is 61.8 Å². The van der Waals surface area contributed by atoms with Crippen LogP contribution in [0.5, 0.6) is 5.75 Å². The molecule has 0 radical (unpaired) electrons. The molecule has 0 spiro atoms. The number of rotatable bonds is 9. The topological polar surface area (TPSA) is 131 Å². The summed E-state index contributed by atoms with van der Waals surface area (Å²) >= 11 is 0. The van der Waals surface area contributed by atoms with Crippen molar-refractivity contribution in [3.05, 3.63) is 69.8 Å². The van der Waals surface area contributed by atoms with Gasteiger partial charge in [-0.3, -0.25) is 24.6 Å². The smallest absolute Gasteiger partial charge is 0.269 e. The summed E-state index contributed by atoms with van der Waals surface area (Å²) in [5.41, 5.74) is 8.09. The molecule has 2 aromatic rings. The third kappa shape index (κ3) is 7.54. The Labute approximate surface area is 229 Å². The quantitative estimate of drug-likeness (QED) is 0.370. The fourth-order valence-corrected chi connectivity index (χ4v) is 5.74. The molecular weight excluding hydrogens is 498 g/mol. The van der Waals surface area contributed by atoms with Crippen LogP contribution in [0.15, 0.2) is 48.5 Å². The van der Waals surface area contributed by atoms with E-state index in [1.54, 1.807) is 24.1 Å². The number of non-ortho nitro benzene ring substituents is 1. The number of likely N-dealkylation sites (tertiary alicyclic amines) is 1. The molecule has 10 nitrogen and oxygen atoms in total. The van der Waals surface area contributed by atoms with E-state index in [0.29, 0.717) is 26.1 Å². The van der Waals surface area contributed by atoms with Crippen molar-refractivity contribution in [3.63, 3.8) is 0 Å². The van der Waals surface area contributed by atoms with Crippen LogP contribution in [-0.4, -0.2) is 64.4 Å². The van der Waals surface area contributed by atoms with Crippen LogP contribution >= 0.6 is 0 Å². The third-order valence-electron chi connectivity index (χ3n) is 7.97. The Balaban J connectivity index is 1.55. The molecule has 2 fully saturated rings. The number of carbonyl (C=O) groups excluding carboxylic acids is 2. The van der Waals surface area contributed by atoms with E-state index in [1.807, 2.05) is 24.3 Å². The molecule has 1 heterocycles. The van der Waals surface area contributed by atoms with Crippen molar-refractivity contribution in [1.82, 2.24) is 15.1 Å². The highest BCUT2D eigenvalue weighted by Crippen LogP contribution is 2.28. The first-order valence-corrected chi connectivity index (χ1v) is 13.7. The summed E-state index contributed by atoms with van der Waals surface area (Å²) in [6.07, 6.45) is 4.71. The lowest BCUT2D eigenvalue weighted by atomic mass is 9.90. The van der Waals surface area contributed by atoms with Crippen LogP contribution < -0.4 is 15.8 Å². The number of amides is 2. The molecule has 2 atom stereocenters. The molecule has 3 N–H and O–H groups in total. The number of hydrogen-bond donors (Lipinski definition) is 2. The lowest BCUT2D eigenvalue weighted by molar-refractivity contribution is -0.384. The van der Waals surface area contributed by atoms with E-state index < -0.39 is 11.0 Å². The number of ether oxygens (including phenoxy) is 1. The number of nitrogens with two attached hydrogens (primary N) is 1. The van der Waals surface area contributed by atoms with Gasteiger partial charge in [0.2, 0.25) is 11.8 Å². The summed E-state index contributed by atoms with van der Waals surface area (Å²) in [6, 6.07) is 14.2. The Bertz CT molecular complexity index is 1150. The minimum Gasteiger partial charge on any atom is -0.497 e. The van der Waals surface area contributed by atoms with Crippen molar-refractivity contribution in [2.75, 3.05) is 13.7 Å². The van der Waals surface area contributed by atoms with Gasteiger partial charge in [0.05, 0.1) is 12.0 Å². The lowest BCUT2D eigenvalue weighted by Crippen LogP contribution is -2.58. The number of piperidine rings is 1. The molecule has 0 bridgehead atoms. The average molecular weight is 538 g/mol. The minimum absolute atomic E-state index is 0.0255. The van der Waals surface area contributed by atoms with Crippen molar-refractivity contribution in [2.45, 2.75) is 82.7 Å². The summed E-state index contributed by atoms with van der Waals surface area (Å²) in [7, 11) is 1.63. The van der Waals surface area contributed by atoms with Crippen LogP contribution in [0.25, 0.3) is 0 Å². The summed E-state index contributed by atoms with van der Waals surface area (Å²) in [6.45, 7) is 3.16. The van der Waals surface area contributed by atoms with Crippen molar-refractivity contribution >= 4 is 17.5 Å². The molecule has 2 aromatic carbocycles. The number of methoxy groups -OCH3 is 1. The van der Waals surface area contributed by atoms with Crippen molar-refractivity contribution in [2.24, 2.45) is 5.73 Å². The second kappa shape index (κ2) is 13.0. The van der Waals surface area contributed by atoms with Crippen molar-refractivity contribution in [3.8, 4) is 5.75 Å². The molecule has 1 aliphatic carbocycles. The molecule has 210 valence electrons. The minimum atomic E-state index is -0.554. The molecule has 10 heteroatoms. The van der Waals surface area contributed by atoms with Crippen LogP contribution in [0.2, 0.25) is 0 Å².